The minimum atomic E-state index is -4.41. The van der Waals surface area contributed by atoms with Crippen molar-refractivity contribution in [2.24, 2.45) is 0 Å². The highest BCUT2D eigenvalue weighted by molar-refractivity contribution is 6.04. The summed E-state index contributed by atoms with van der Waals surface area (Å²) in [5.74, 6) is -0.168. The van der Waals surface area contributed by atoms with Crippen LogP contribution in [0.2, 0.25) is 0 Å². The molecule has 5 nitrogen and oxygen atoms in total. The third-order valence-corrected chi connectivity index (χ3v) is 4.93. The molecule has 0 aliphatic heterocycles. The molecule has 4 rings (SSSR count). The van der Waals surface area contributed by atoms with E-state index in [1.54, 1.807) is 36.5 Å². The van der Waals surface area contributed by atoms with Crippen LogP contribution < -0.4 is 10.1 Å². The van der Waals surface area contributed by atoms with Crippen LogP contribution in [0.5, 0.6) is 5.75 Å². The van der Waals surface area contributed by atoms with Gasteiger partial charge in [0.2, 0.25) is 0 Å². The van der Waals surface area contributed by atoms with Gasteiger partial charge in [-0.1, -0.05) is 24.3 Å². The molecule has 4 aromatic rings. The Morgan fingerprint density at radius 1 is 0.971 bits per heavy atom. The summed E-state index contributed by atoms with van der Waals surface area (Å²) in [6.45, 7) is 0.387. The van der Waals surface area contributed by atoms with Crippen LogP contribution in [0, 0.1) is 5.82 Å². The Balaban J connectivity index is 1.33. The molecule has 0 fully saturated rings. The SMILES string of the molecule is O=C(Nc1cnn(Cc2cccc(C(F)(F)F)c2)c1)c1ccc(COc2ccc(F)cc2)cc1. The molecule has 0 saturated carbocycles. The fourth-order valence-electron chi connectivity index (χ4n) is 3.20. The largest absolute Gasteiger partial charge is 0.489 e. The number of rotatable bonds is 7. The summed E-state index contributed by atoms with van der Waals surface area (Å²) in [5.41, 5.74) is 1.37. The van der Waals surface area contributed by atoms with E-state index >= 15 is 0 Å². The smallest absolute Gasteiger partial charge is 0.416 e. The van der Waals surface area contributed by atoms with Gasteiger partial charge in [0.25, 0.3) is 5.91 Å². The van der Waals surface area contributed by atoms with Crippen molar-refractivity contribution in [3.8, 4) is 5.75 Å². The van der Waals surface area contributed by atoms with Crippen molar-refractivity contribution >= 4 is 11.6 Å². The molecule has 0 aliphatic rings. The number of halogens is 4. The van der Waals surface area contributed by atoms with Gasteiger partial charge < -0.3 is 10.1 Å². The van der Waals surface area contributed by atoms with Crippen LogP contribution in [0.25, 0.3) is 0 Å². The average molecular weight is 469 g/mol. The molecule has 1 heterocycles. The number of carbonyl (C=O) groups excluding carboxylic acids is 1. The zero-order valence-corrected chi connectivity index (χ0v) is 17.7. The molecule has 0 aliphatic carbocycles. The normalized spacial score (nSPS) is 11.3. The van der Waals surface area contributed by atoms with Crippen molar-refractivity contribution in [2.45, 2.75) is 19.3 Å². The first-order chi connectivity index (χ1) is 16.3. The highest BCUT2D eigenvalue weighted by Crippen LogP contribution is 2.29. The summed E-state index contributed by atoms with van der Waals surface area (Å²) in [6, 6.07) is 17.5. The lowest BCUT2D eigenvalue weighted by Crippen LogP contribution is -2.11. The van der Waals surface area contributed by atoms with Gasteiger partial charge in [-0.3, -0.25) is 9.48 Å². The topological polar surface area (TPSA) is 56.2 Å². The first kappa shape index (κ1) is 23.0. The lowest BCUT2D eigenvalue weighted by Gasteiger charge is -2.09. The number of hydrogen-bond donors (Lipinski definition) is 1. The molecule has 0 bridgehead atoms. The van der Waals surface area contributed by atoms with Gasteiger partial charge in [0.05, 0.1) is 24.0 Å². The van der Waals surface area contributed by atoms with E-state index in [0.29, 0.717) is 22.6 Å². The third-order valence-electron chi connectivity index (χ3n) is 4.93. The number of nitrogens with zero attached hydrogens (tertiary/aromatic N) is 2. The van der Waals surface area contributed by atoms with Gasteiger partial charge in [-0.15, -0.1) is 0 Å². The lowest BCUT2D eigenvalue weighted by molar-refractivity contribution is -0.137. The maximum absolute atomic E-state index is 12.9. The second-order valence-electron chi connectivity index (χ2n) is 7.52. The molecule has 174 valence electrons. The van der Waals surface area contributed by atoms with Gasteiger partial charge in [0.15, 0.2) is 0 Å². The van der Waals surface area contributed by atoms with Crippen molar-refractivity contribution in [1.82, 2.24) is 9.78 Å². The number of benzene rings is 3. The number of aromatic nitrogens is 2. The lowest BCUT2D eigenvalue weighted by atomic mass is 10.1. The maximum Gasteiger partial charge on any atom is 0.416 e. The Morgan fingerprint density at radius 3 is 2.41 bits per heavy atom. The first-order valence-corrected chi connectivity index (χ1v) is 10.2. The highest BCUT2D eigenvalue weighted by Gasteiger charge is 2.30. The van der Waals surface area contributed by atoms with Crippen molar-refractivity contribution in [3.63, 3.8) is 0 Å². The Hall–Kier alpha value is -4.14. The summed E-state index contributed by atoms with van der Waals surface area (Å²) in [5, 5.41) is 6.82. The van der Waals surface area contributed by atoms with Crippen LogP contribution >= 0.6 is 0 Å². The Bertz CT molecular complexity index is 1270. The minimum absolute atomic E-state index is 0.128. The number of ether oxygens (including phenoxy) is 1. The van der Waals surface area contributed by atoms with Gasteiger partial charge in [0, 0.05) is 11.8 Å². The summed E-state index contributed by atoms with van der Waals surface area (Å²) < 4.78 is 58.6. The van der Waals surface area contributed by atoms with E-state index in [4.69, 9.17) is 4.74 Å². The number of carbonyl (C=O) groups is 1. The molecule has 0 unspecified atom stereocenters. The summed E-state index contributed by atoms with van der Waals surface area (Å²) >= 11 is 0. The van der Waals surface area contributed by atoms with Crippen molar-refractivity contribution in [3.05, 3.63) is 113 Å². The zero-order chi connectivity index (χ0) is 24.1. The third kappa shape index (κ3) is 6.00. The molecule has 1 N–H and O–H groups in total. The molecular weight excluding hydrogens is 450 g/mol. The van der Waals surface area contributed by atoms with Gasteiger partial charge in [-0.2, -0.15) is 18.3 Å². The highest BCUT2D eigenvalue weighted by atomic mass is 19.4. The fraction of sp³-hybridized carbons (Fsp3) is 0.120. The van der Waals surface area contributed by atoms with Gasteiger partial charge in [-0.25, -0.2) is 4.39 Å². The minimum Gasteiger partial charge on any atom is -0.489 e. The van der Waals surface area contributed by atoms with E-state index in [1.807, 2.05) is 0 Å². The Kier molecular flexibility index (Phi) is 6.62. The number of alkyl halides is 3. The van der Waals surface area contributed by atoms with Crippen LogP contribution in [0.15, 0.2) is 85.2 Å². The molecule has 1 aromatic heterocycles. The van der Waals surface area contributed by atoms with Gasteiger partial charge in [-0.05, 0) is 59.7 Å². The number of hydrogen-bond acceptors (Lipinski definition) is 3. The summed E-state index contributed by atoms with van der Waals surface area (Å²) in [7, 11) is 0. The standard InChI is InChI=1S/C25H19F4N3O2/c26-21-8-10-23(11-9-21)34-16-17-4-6-19(7-5-17)24(33)31-22-13-30-32(15-22)14-18-2-1-3-20(12-18)25(27,28)29/h1-13,15H,14,16H2,(H,31,33). The second-order valence-corrected chi connectivity index (χ2v) is 7.52. The van der Waals surface area contributed by atoms with E-state index in [2.05, 4.69) is 10.4 Å². The first-order valence-electron chi connectivity index (χ1n) is 10.2. The zero-order valence-electron chi connectivity index (χ0n) is 17.7. The van der Waals surface area contributed by atoms with Crippen molar-refractivity contribution < 1.29 is 27.1 Å². The Labute approximate surface area is 192 Å². The summed E-state index contributed by atoms with van der Waals surface area (Å²) in [4.78, 5) is 12.5. The van der Waals surface area contributed by atoms with E-state index in [9.17, 15) is 22.4 Å². The monoisotopic (exact) mass is 469 g/mol. The number of anilines is 1. The van der Waals surface area contributed by atoms with Gasteiger partial charge >= 0.3 is 6.18 Å². The quantitative estimate of drug-likeness (QED) is 0.342. The fourth-order valence-corrected chi connectivity index (χ4v) is 3.20. The average Bonchev–Trinajstić information content (AvgIpc) is 3.25. The molecule has 0 spiro atoms. The maximum atomic E-state index is 12.9. The number of nitrogens with one attached hydrogen (secondary N) is 1. The molecule has 34 heavy (non-hydrogen) atoms. The van der Waals surface area contributed by atoms with Crippen LogP contribution in [0.1, 0.15) is 27.0 Å². The van der Waals surface area contributed by atoms with Crippen molar-refractivity contribution in [1.29, 1.82) is 0 Å². The van der Waals surface area contributed by atoms with E-state index in [-0.39, 0.29) is 24.9 Å². The Morgan fingerprint density at radius 2 is 1.71 bits per heavy atom. The van der Waals surface area contributed by atoms with Gasteiger partial charge in [0.1, 0.15) is 18.2 Å². The molecular formula is C25H19F4N3O2. The van der Waals surface area contributed by atoms with Crippen LogP contribution in [-0.4, -0.2) is 15.7 Å². The predicted octanol–water partition coefficient (Wildman–Crippen LogP) is 5.92. The van der Waals surface area contributed by atoms with E-state index in [1.165, 1.54) is 41.2 Å². The van der Waals surface area contributed by atoms with E-state index < -0.39 is 11.7 Å². The summed E-state index contributed by atoms with van der Waals surface area (Å²) in [6.07, 6.45) is -1.44. The molecule has 3 aromatic carbocycles. The van der Waals surface area contributed by atoms with Crippen molar-refractivity contribution in [2.75, 3.05) is 5.32 Å². The number of amides is 1. The molecule has 0 saturated heterocycles. The molecule has 0 radical (unpaired) electrons. The van der Waals surface area contributed by atoms with Crippen LogP contribution in [0.3, 0.4) is 0 Å². The molecule has 9 heteroatoms. The molecule has 1 amide bonds. The second kappa shape index (κ2) is 9.78. The van der Waals surface area contributed by atoms with Crippen LogP contribution in [0.4, 0.5) is 23.2 Å². The van der Waals surface area contributed by atoms with E-state index in [0.717, 1.165) is 17.7 Å². The molecule has 0 atom stereocenters. The predicted molar refractivity (Wildman–Crippen MR) is 118 cm³/mol. The van der Waals surface area contributed by atoms with Crippen LogP contribution in [-0.2, 0) is 19.3 Å².